The summed E-state index contributed by atoms with van der Waals surface area (Å²) < 4.78 is 1.82. The molecule has 2 rings (SSSR count). The molecular weight excluding hydrogens is 252 g/mol. The molecule has 5 heteroatoms. The first-order chi connectivity index (χ1) is 9.65. The highest BCUT2D eigenvalue weighted by molar-refractivity contribution is 5.92. The van der Waals surface area contributed by atoms with Gasteiger partial charge in [-0.15, -0.1) is 0 Å². The van der Waals surface area contributed by atoms with E-state index in [2.05, 4.69) is 17.3 Å². The normalized spacial score (nSPS) is 19.1. The van der Waals surface area contributed by atoms with Crippen LogP contribution in [0.1, 0.15) is 42.9 Å². The van der Waals surface area contributed by atoms with Crippen LogP contribution in [0.25, 0.3) is 0 Å². The monoisotopic (exact) mass is 278 g/mol. The number of hydrogen-bond donors (Lipinski definition) is 1. The standard InChI is InChI=1S/C15H26N4O/c1-4-13-9-14(19(5-2)17-13)15(20)18(3)11-12-7-6-8-16-10-12/h9,12,16H,4-8,10-11H2,1-3H3. The molecular formula is C15H26N4O. The van der Waals surface area contributed by atoms with Gasteiger partial charge in [0.25, 0.3) is 5.91 Å². The van der Waals surface area contributed by atoms with Crippen molar-refractivity contribution in [1.82, 2.24) is 20.0 Å². The molecule has 1 N–H and O–H groups in total. The van der Waals surface area contributed by atoms with E-state index >= 15 is 0 Å². The van der Waals surface area contributed by atoms with Gasteiger partial charge in [0.1, 0.15) is 5.69 Å². The average Bonchev–Trinajstić information content (AvgIpc) is 2.90. The van der Waals surface area contributed by atoms with E-state index in [0.29, 0.717) is 5.92 Å². The molecule has 1 aliphatic heterocycles. The molecule has 1 aromatic rings. The van der Waals surface area contributed by atoms with Gasteiger partial charge in [0.2, 0.25) is 0 Å². The molecule has 1 aliphatic rings. The van der Waals surface area contributed by atoms with Crippen molar-refractivity contribution < 1.29 is 4.79 Å². The van der Waals surface area contributed by atoms with Crippen LogP contribution in [0, 0.1) is 5.92 Å². The SMILES string of the molecule is CCc1cc(C(=O)N(C)CC2CCCNC2)n(CC)n1. The molecule has 0 saturated carbocycles. The van der Waals surface area contributed by atoms with E-state index < -0.39 is 0 Å². The van der Waals surface area contributed by atoms with E-state index in [9.17, 15) is 4.79 Å². The maximum Gasteiger partial charge on any atom is 0.271 e. The average molecular weight is 278 g/mol. The Kier molecular flexibility index (Phi) is 5.17. The van der Waals surface area contributed by atoms with Crippen molar-refractivity contribution in [3.8, 4) is 0 Å². The summed E-state index contributed by atoms with van der Waals surface area (Å²) in [6.07, 6.45) is 3.28. The first kappa shape index (κ1) is 15.0. The Morgan fingerprint density at radius 2 is 2.35 bits per heavy atom. The highest BCUT2D eigenvalue weighted by Crippen LogP contribution is 2.14. The molecule has 20 heavy (non-hydrogen) atoms. The Balaban J connectivity index is 2.03. The molecule has 0 aromatic carbocycles. The Hall–Kier alpha value is -1.36. The summed E-state index contributed by atoms with van der Waals surface area (Å²) in [5.41, 5.74) is 1.71. The number of carbonyl (C=O) groups is 1. The van der Waals surface area contributed by atoms with Gasteiger partial charge in [0.05, 0.1) is 5.69 Å². The lowest BCUT2D eigenvalue weighted by Gasteiger charge is -2.27. The lowest BCUT2D eigenvalue weighted by Crippen LogP contribution is -2.39. The molecule has 5 nitrogen and oxygen atoms in total. The maximum atomic E-state index is 12.6. The Morgan fingerprint density at radius 3 is 2.95 bits per heavy atom. The number of nitrogens with one attached hydrogen (secondary N) is 1. The minimum absolute atomic E-state index is 0.0876. The number of nitrogens with zero attached hydrogens (tertiary/aromatic N) is 3. The number of aromatic nitrogens is 2. The molecule has 1 unspecified atom stereocenters. The van der Waals surface area contributed by atoms with Crippen molar-refractivity contribution >= 4 is 5.91 Å². The third-order valence-electron chi connectivity index (χ3n) is 3.99. The second-order valence-electron chi connectivity index (χ2n) is 5.59. The third kappa shape index (κ3) is 3.39. The predicted octanol–water partition coefficient (Wildman–Crippen LogP) is 1.54. The number of rotatable bonds is 5. The van der Waals surface area contributed by atoms with Crippen LogP contribution in [0.15, 0.2) is 6.07 Å². The number of hydrogen-bond acceptors (Lipinski definition) is 3. The van der Waals surface area contributed by atoms with Crippen molar-refractivity contribution in [2.45, 2.75) is 39.7 Å². The van der Waals surface area contributed by atoms with Crippen molar-refractivity contribution in [2.75, 3.05) is 26.7 Å². The van der Waals surface area contributed by atoms with Crippen LogP contribution in [0.2, 0.25) is 0 Å². The first-order valence-electron chi connectivity index (χ1n) is 7.68. The van der Waals surface area contributed by atoms with Gasteiger partial charge in [0.15, 0.2) is 0 Å². The summed E-state index contributed by atoms with van der Waals surface area (Å²) >= 11 is 0. The summed E-state index contributed by atoms with van der Waals surface area (Å²) in [6, 6.07) is 1.93. The number of piperidine rings is 1. The molecule has 0 aliphatic carbocycles. The summed E-state index contributed by atoms with van der Waals surface area (Å²) in [6.45, 7) is 7.77. The molecule has 0 radical (unpaired) electrons. The molecule has 2 heterocycles. The Bertz CT molecular complexity index is 449. The molecule has 0 spiro atoms. The van der Waals surface area contributed by atoms with Gasteiger partial charge in [-0.3, -0.25) is 9.48 Å². The quantitative estimate of drug-likeness (QED) is 0.889. The van der Waals surface area contributed by atoms with Crippen LogP contribution in [0.5, 0.6) is 0 Å². The third-order valence-corrected chi connectivity index (χ3v) is 3.99. The van der Waals surface area contributed by atoms with Gasteiger partial charge in [-0.1, -0.05) is 6.92 Å². The van der Waals surface area contributed by atoms with E-state index in [0.717, 1.165) is 44.0 Å². The van der Waals surface area contributed by atoms with Crippen molar-refractivity contribution in [3.63, 3.8) is 0 Å². The fourth-order valence-electron chi connectivity index (χ4n) is 2.80. The number of carbonyl (C=O) groups excluding carboxylic acids is 1. The number of aryl methyl sites for hydroxylation is 2. The van der Waals surface area contributed by atoms with Gasteiger partial charge in [-0.25, -0.2) is 0 Å². The zero-order valence-electron chi connectivity index (χ0n) is 12.9. The Labute approximate surface area is 121 Å². The highest BCUT2D eigenvalue weighted by atomic mass is 16.2. The second kappa shape index (κ2) is 6.88. The van der Waals surface area contributed by atoms with E-state index in [-0.39, 0.29) is 5.91 Å². The maximum absolute atomic E-state index is 12.6. The largest absolute Gasteiger partial charge is 0.340 e. The lowest BCUT2D eigenvalue weighted by atomic mass is 9.99. The van der Waals surface area contributed by atoms with Crippen LogP contribution in [-0.2, 0) is 13.0 Å². The summed E-state index contributed by atoms with van der Waals surface area (Å²) in [4.78, 5) is 14.4. The van der Waals surface area contributed by atoms with Gasteiger partial charge in [-0.2, -0.15) is 5.10 Å². The molecule has 1 saturated heterocycles. The van der Waals surface area contributed by atoms with Crippen LogP contribution in [0.4, 0.5) is 0 Å². The van der Waals surface area contributed by atoms with Crippen molar-refractivity contribution in [2.24, 2.45) is 5.92 Å². The molecule has 1 fully saturated rings. The fraction of sp³-hybridized carbons (Fsp3) is 0.733. The van der Waals surface area contributed by atoms with E-state index in [1.54, 1.807) is 0 Å². The van der Waals surface area contributed by atoms with E-state index in [1.165, 1.54) is 12.8 Å². The Morgan fingerprint density at radius 1 is 1.55 bits per heavy atom. The minimum atomic E-state index is 0.0876. The van der Waals surface area contributed by atoms with E-state index in [4.69, 9.17) is 0 Å². The minimum Gasteiger partial charge on any atom is -0.340 e. The zero-order valence-corrected chi connectivity index (χ0v) is 12.9. The second-order valence-corrected chi connectivity index (χ2v) is 5.59. The lowest BCUT2D eigenvalue weighted by molar-refractivity contribution is 0.0752. The molecule has 112 valence electrons. The van der Waals surface area contributed by atoms with Gasteiger partial charge in [0, 0.05) is 20.1 Å². The highest BCUT2D eigenvalue weighted by Gasteiger charge is 2.21. The summed E-state index contributed by atoms with van der Waals surface area (Å²) in [5, 5.41) is 7.85. The van der Waals surface area contributed by atoms with Crippen LogP contribution < -0.4 is 5.32 Å². The molecule has 1 aromatic heterocycles. The van der Waals surface area contributed by atoms with Gasteiger partial charge < -0.3 is 10.2 Å². The van der Waals surface area contributed by atoms with Crippen molar-refractivity contribution in [3.05, 3.63) is 17.5 Å². The van der Waals surface area contributed by atoms with Crippen LogP contribution >= 0.6 is 0 Å². The van der Waals surface area contributed by atoms with Crippen LogP contribution in [0.3, 0.4) is 0 Å². The molecule has 1 amide bonds. The van der Waals surface area contributed by atoms with Crippen molar-refractivity contribution in [1.29, 1.82) is 0 Å². The van der Waals surface area contributed by atoms with Crippen LogP contribution in [-0.4, -0.2) is 47.3 Å². The summed E-state index contributed by atoms with van der Waals surface area (Å²) in [7, 11) is 1.90. The fourth-order valence-corrected chi connectivity index (χ4v) is 2.80. The molecule has 1 atom stereocenters. The molecule has 0 bridgehead atoms. The van der Waals surface area contributed by atoms with E-state index in [1.807, 2.05) is 29.6 Å². The summed E-state index contributed by atoms with van der Waals surface area (Å²) in [5.74, 6) is 0.658. The predicted molar refractivity (Wildman–Crippen MR) is 79.8 cm³/mol. The number of amides is 1. The first-order valence-corrected chi connectivity index (χ1v) is 7.68. The zero-order chi connectivity index (χ0) is 14.5. The smallest absolute Gasteiger partial charge is 0.271 e. The van der Waals surface area contributed by atoms with Gasteiger partial charge >= 0.3 is 0 Å². The van der Waals surface area contributed by atoms with Gasteiger partial charge in [-0.05, 0) is 51.3 Å². The topological polar surface area (TPSA) is 50.2 Å².